The molecule has 2 aromatic rings. The number of nitrogens with one attached hydrogen (secondary N) is 1. The molecule has 2 amide bonds. The SMILES string of the molecule is Cc1ccc(CNC(=O)C2CC(=O)N(C)C2c2cccs2)o1. The Morgan fingerprint density at radius 1 is 1.45 bits per heavy atom. The monoisotopic (exact) mass is 318 g/mol. The minimum atomic E-state index is -0.354. The lowest BCUT2D eigenvalue weighted by Crippen LogP contribution is -2.33. The molecule has 3 rings (SSSR count). The van der Waals surface area contributed by atoms with Gasteiger partial charge < -0.3 is 14.6 Å². The van der Waals surface area contributed by atoms with Gasteiger partial charge in [-0.3, -0.25) is 9.59 Å². The van der Waals surface area contributed by atoms with Crippen LogP contribution in [0.25, 0.3) is 0 Å². The maximum atomic E-state index is 12.5. The summed E-state index contributed by atoms with van der Waals surface area (Å²) >= 11 is 1.57. The van der Waals surface area contributed by atoms with E-state index < -0.39 is 0 Å². The van der Waals surface area contributed by atoms with Gasteiger partial charge in [0.1, 0.15) is 11.5 Å². The van der Waals surface area contributed by atoms with Gasteiger partial charge in [-0.05, 0) is 30.5 Å². The lowest BCUT2D eigenvalue weighted by atomic mass is 9.98. The van der Waals surface area contributed by atoms with E-state index in [2.05, 4.69) is 5.32 Å². The van der Waals surface area contributed by atoms with Gasteiger partial charge in [-0.2, -0.15) is 0 Å². The van der Waals surface area contributed by atoms with E-state index in [-0.39, 0.29) is 30.2 Å². The van der Waals surface area contributed by atoms with Gasteiger partial charge in [-0.15, -0.1) is 11.3 Å². The van der Waals surface area contributed by atoms with Crippen LogP contribution in [0.4, 0.5) is 0 Å². The van der Waals surface area contributed by atoms with Crippen LogP contribution in [-0.2, 0) is 16.1 Å². The highest BCUT2D eigenvalue weighted by Crippen LogP contribution is 2.39. The predicted octanol–water partition coefficient (Wildman–Crippen LogP) is 2.49. The molecule has 0 aromatic carbocycles. The minimum Gasteiger partial charge on any atom is -0.465 e. The van der Waals surface area contributed by atoms with Gasteiger partial charge in [0.05, 0.1) is 18.5 Å². The van der Waals surface area contributed by atoms with Crippen LogP contribution in [-0.4, -0.2) is 23.8 Å². The van der Waals surface area contributed by atoms with Crippen LogP contribution in [0.15, 0.2) is 34.1 Å². The number of likely N-dealkylation sites (tertiary alicyclic amines) is 1. The molecule has 1 aliphatic rings. The summed E-state index contributed by atoms with van der Waals surface area (Å²) in [4.78, 5) is 27.2. The topological polar surface area (TPSA) is 62.6 Å². The first-order valence-corrected chi connectivity index (χ1v) is 8.06. The number of carbonyl (C=O) groups excluding carboxylic acids is 2. The molecule has 2 aromatic heterocycles. The zero-order chi connectivity index (χ0) is 15.7. The van der Waals surface area contributed by atoms with Gasteiger partial charge in [0, 0.05) is 18.3 Å². The molecule has 116 valence electrons. The number of furan rings is 1. The highest BCUT2D eigenvalue weighted by atomic mass is 32.1. The van der Waals surface area contributed by atoms with E-state index in [1.807, 2.05) is 36.6 Å². The second-order valence-electron chi connectivity index (χ2n) is 5.51. The van der Waals surface area contributed by atoms with E-state index in [0.29, 0.717) is 6.54 Å². The van der Waals surface area contributed by atoms with Crippen LogP contribution in [0.5, 0.6) is 0 Å². The molecule has 1 N–H and O–H groups in total. The zero-order valence-electron chi connectivity index (χ0n) is 12.5. The predicted molar refractivity (Wildman–Crippen MR) is 83.2 cm³/mol. The summed E-state index contributed by atoms with van der Waals surface area (Å²) in [6, 6.07) is 7.45. The van der Waals surface area contributed by atoms with Crippen LogP contribution >= 0.6 is 11.3 Å². The molecule has 5 nitrogen and oxygen atoms in total. The maximum Gasteiger partial charge on any atom is 0.226 e. The Balaban J connectivity index is 1.71. The maximum absolute atomic E-state index is 12.5. The lowest BCUT2D eigenvalue weighted by molar-refractivity contribution is -0.128. The number of rotatable bonds is 4. The van der Waals surface area contributed by atoms with Gasteiger partial charge in [-0.1, -0.05) is 6.07 Å². The molecular weight excluding hydrogens is 300 g/mol. The molecule has 0 spiro atoms. The average molecular weight is 318 g/mol. The summed E-state index contributed by atoms with van der Waals surface area (Å²) in [5, 5.41) is 4.85. The first-order chi connectivity index (χ1) is 10.6. The van der Waals surface area contributed by atoms with Crippen molar-refractivity contribution in [3.05, 3.63) is 46.0 Å². The van der Waals surface area contributed by atoms with Crippen LogP contribution < -0.4 is 5.32 Å². The number of thiophene rings is 1. The van der Waals surface area contributed by atoms with E-state index >= 15 is 0 Å². The first kappa shape index (κ1) is 14.8. The first-order valence-electron chi connectivity index (χ1n) is 7.18. The number of aryl methyl sites for hydroxylation is 1. The molecule has 2 unspecified atom stereocenters. The Labute approximate surface area is 132 Å². The van der Waals surface area contributed by atoms with E-state index in [1.54, 1.807) is 23.3 Å². The molecule has 3 heterocycles. The Hall–Kier alpha value is -2.08. The summed E-state index contributed by atoms with van der Waals surface area (Å²) in [5.41, 5.74) is 0. The summed E-state index contributed by atoms with van der Waals surface area (Å²) in [7, 11) is 1.76. The number of carbonyl (C=O) groups is 2. The molecule has 0 saturated carbocycles. The summed E-state index contributed by atoms with van der Waals surface area (Å²) < 4.78 is 5.45. The van der Waals surface area contributed by atoms with Crippen molar-refractivity contribution in [2.24, 2.45) is 5.92 Å². The Morgan fingerprint density at radius 3 is 2.91 bits per heavy atom. The van der Waals surface area contributed by atoms with Crippen LogP contribution in [0.1, 0.15) is 28.9 Å². The summed E-state index contributed by atoms with van der Waals surface area (Å²) in [6.07, 6.45) is 0.252. The molecule has 0 aliphatic carbocycles. The molecule has 2 atom stereocenters. The molecule has 1 saturated heterocycles. The van der Waals surface area contributed by atoms with E-state index in [4.69, 9.17) is 4.42 Å². The van der Waals surface area contributed by atoms with Gasteiger partial charge in [0.25, 0.3) is 0 Å². The lowest BCUT2D eigenvalue weighted by Gasteiger charge is -2.23. The highest BCUT2D eigenvalue weighted by Gasteiger charge is 2.43. The summed E-state index contributed by atoms with van der Waals surface area (Å²) in [6.45, 7) is 2.21. The average Bonchev–Trinajstić information content (AvgIpc) is 3.19. The smallest absolute Gasteiger partial charge is 0.226 e. The molecule has 22 heavy (non-hydrogen) atoms. The molecule has 6 heteroatoms. The molecule has 1 fully saturated rings. The van der Waals surface area contributed by atoms with Crippen LogP contribution in [0.3, 0.4) is 0 Å². The molecule has 0 radical (unpaired) electrons. The minimum absolute atomic E-state index is 0.00685. The van der Waals surface area contributed by atoms with Gasteiger partial charge in [-0.25, -0.2) is 0 Å². The Kier molecular flexibility index (Phi) is 4.02. The van der Waals surface area contributed by atoms with Crippen molar-refractivity contribution in [2.45, 2.75) is 25.9 Å². The van der Waals surface area contributed by atoms with E-state index in [1.165, 1.54) is 0 Å². The largest absolute Gasteiger partial charge is 0.465 e. The third-order valence-electron chi connectivity index (χ3n) is 3.99. The second kappa shape index (κ2) is 5.96. The van der Waals surface area contributed by atoms with Crippen molar-refractivity contribution in [2.75, 3.05) is 7.05 Å². The van der Waals surface area contributed by atoms with E-state index in [9.17, 15) is 9.59 Å². The molecular formula is C16H18N2O3S. The number of nitrogens with zero attached hydrogens (tertiary/aromatic N) is 1. The van der Waals surface area contributed by atoms with E-state index in [0.717, 1.165) is 16.4 Å². The number of hydrogen-bond donors (Lipinski definition) is 1. The quantitative estimate of drug-likeness (QED) is 0.942. The van der Waals surface area contributed by atoms with Crippen LogP contribution in [0.2, 0.25) is 0 Å². The molecule has 0 bridgehead atoms. The highest BCUT2D eigenvalue weighted by molar-refractivity contribution is 7.10. The second-order valence-corrected chi connectivity index (χ2v) is 6.48. The standard InChI is InChI=1S/C16H18N2O3S/c1-10-5-6-11(21-10)9-17-16(20)12-8-14(19)18(2)15(12)13-4-3-7-22-13/h3-7,12,15H,8-9H2,1-2H3,(H,17,20). The number of amides is 2. The zero-order valence-corrected chi connectivity index (χ0v) is 13.4. The van der Waals surface area contributed by atoms with Gasteiger partial charge in [0.2, 0.25) is 11.8 Å². The Morgan fingerprint density at radius 2 is 2.27 bits per heavy atom. The fourth-order valence-corrected chi connectivity index (χ4v) is 3.77. The van der Waals surface area contributed by atoms with Gasteiger partial charge in [0.15, 0.2) is 0 Å². The van der Waals surface area contributed by atoms with Crippen molar-refractivity contribution in [1.82, 2.24) is 10.2 Å². The fraction of sp³-hybridized carbons (Fsp3) is 0.375. The Bertz CT molecular complexity index is 677. The normalized spacial score (nSPS) is 21.4. The summed E-state index contributed by atoms with van der Waals surface area (Å²) in [5.74, 6) is 1.08. The van der Waals surface area contributed by atoms with Crippen molar-refractivity contribution in [3.63, 3.8) is 0 Å². The number of hydrogen-bond acceptors (Lipinski definition) is 4. The van der Waals surface area contributed by atoms with Gasteiger partial charge >= 0.3 is 0 Å². The third kappa shape index (κ3) is 2.78. The molecule has 1 aliphatic heterocycles. The van der Waals surface area contributed by atoms with Crippen molar-refractivity contribution < 1.29 is 14.0 Å². The van der Waals surface area contributed by atoms with Crippen molar-refractivity contribution in [1.29, 1.82) is 0 Å². The van der Waals surface area contributed by atoms with Crippen molar-refractivity contribution in [3.8, 4) is 0 Å². The third-order valence-corrected chi connectivity index (χ3v) is 4.93. The fourth-order valence-electron chi connectivity index (χ4n) is 2.84. The van der Waals surface area contributed by atoms with Crippen LogP contribution in [0, 0.1) is 12.8 Å². The van der Waals surface area contributed by atoms with Crippen molar-refractivity contribution >= 4 is 23.2 Å².